The lowest BCUT2D eigenvalue weighted by atomic mass is 10.0. The molecule has 0 radical (unpaired) electrons. The third-order valence-electron chi connectivity index (χ3n) is 4.35. The zero-order valence-corrected chi connectivity index (χ0v) is 13.4. The number of benzene rings is 1. The van der Waals surface area contributed by atoms with Gasteiger partial charge in [-0.1, -0.05) is 31.0 Å². The lowest BCUT2D eigenvalue weighted by molar-refractivity contribution is -0.121. The van der Waals surface area contributed by atoms with Crippen molar-refractivity contribution in [3.05, 3.63) is 29.8 Å². The van der Waals surface area contributed by atoms with Gasteiger partial charge in [0.2, 0.25) is 5.91 Å². The van der Waals surface area contributed by atoms with E-state index in [1.165, 1.54) is 12.8 Å². The minimum atomic E-state index is -0.401. The van der Waals surface area contributed by atoms with Gasteiger partial charge in [0, 0.05) is 13.0 Å². The molecule has 4 nitrogen and oxygen atoms in total. The van der Waals surface area contributed by atoms with Crippen LogP contribution in [0.3, 0.4) is 0 Å². The highest BCUT2D eigenvalue weighted by atomic mass is 16.5. The quantitative estimate of drug-likeness (QED) is 0.776. The number of nitrogens with one attached hydrogen (secondary N) is 1. The molecule has 4 heteroatoms. The van der Waals surface area contributed by atoms with E-state index in [1.807, 2.05) is 31.2 Å². The van der Waals surface area contributed by atoms with E-state index >= 15 is 0 Å². The van der Waals surface area contributed by atoms with Gasteiger partial charge in [0.05, 0.1) is 12.7 Å². The molecule has 0 saturated heterocycles. The predicted octanol–water partition coefficient (Wildman–Crippen LogP) is 2.69. The van der Waals surface area contributed by atoms with Crippen LogP contribution in [0.1, 0.15) is 44.6 Å². The first kappa shape index (κ1) is 16.8. The molecule has 1 amide bonds. The summed E-state index contributed by atoms with van der Waals surface area (Å²) in [5.41, 5.74) is 1.05. The summed E-state index contributed by atoms with van der Waals surface area (Å²) in [6.45, 7) is 2.95. The van der Waals surface area contributed by atoms with Gasteiger partial charge in [0.1, 0.15) is 5.75 Å². The molecule has 1 unspecified atom stereocenters. The van der Waals surface area contributed by atoms with E-state index in [9.17, 15) is 9.90 Å². The molecule has 122 valence electrons. The highest BCUT2D eigenvalue weighted by molar-refractivity contribution is 5.76. The fraction of sp³-hybridized carbons (Fsp3) is 0.611. The molecule has 0 spiro atoms. The van der Waals surface area contributed by atoms with Gasteiger partial charge in [-0.3, -0.25) is 4.79 Å². The molecule has 1 aliphatic rings. The molecule has 1 aromatic rings. The number of para-hydroxylation sites is 1. The SMILES string of the molecule is CCOc1ccccc1CCC(=O)NCC(O)C1CCCC1. The van der Waals surface area contributed by atoms with E-state index in [0.717, 1.165) is 24.2 Å². The fourth-order valence-corrected chi connectivity index (χ4v) is 3.07. The minimum Gasteiger partial charge on any atom is -0.494 e. The van der Waals surface area contributed by atoms with Crippen LogP contribution in [0.15, 0.2) is 24.3 Å². The van der Waals surface area contributed by atoms with Crippen LogP contribution in [0.25, 0.3) is 0 Å². The molecule has 1 aliphatic carbocycles. The molecule has 0 aliphatic heterocycles. The smallest absolute Gasteiger partial charge is 0.220 e. The summed E-state index contributed by atoms with van der Waals surface area (Å²) in [7, 11) is 0. The standard InChI is InChI=1S/C18H27NO3/c1-2-22-17-10-6-5-9-15(17)11-12-18(21)19-13-16(20)14-7-3-4-8-14/h5-6,9-10,14,16,20H,2-4,7-8,11-13H2,1H3,(H,19,21). The predicted molar refractivity (Wildman–Crippen MR) is 86.9 cm³/mol. The van der Waals surface area contributed by atoms with Crippen molar-refractivity contribution in [3.8, 4) is 5.75 Å². The summed E-state index contributed by atoms with van der Waals surface area (Å²) in [5, 5.41) is 12.9. The number of ether oxygens (including phenoxy) is 1. The Balaban J connectivity index is 1.73. The fourth-order valence-electron chi connectivity index (χ4n) is 3.07. The zero-order chi connectivity index (χ0) is 15.8. The number of aliphatic hydroxyl groups is 1. The van der Waals surface area contributed by atoms with Gasteiger partial charge >= 0.3 is 0 Å². The van der Waals surface area contributed by atoms with Gasteiger partial charge in [-0.15, -0.1) is 0 Å². The first-order valence-electron chi connectivity index (χ1n) is 8.36. The average molecular weight is 305 g/mol. The molecule has 1 fully saturated rings. The molecule has 2 rings (SSSR count). The summed E-state index contributed by atoms with van der Waals surface area (Å²) in [6.07, 6.45) is 5.23. The number of rotatable bonds is 8. The number of aryl methyl sites for hydroxylation is 1. The van der Waals surface area contributed by atoms with Gasteiger partial charge in [-0.25, -0.2) is 0 Å². The van der Waals surface area contributed by atoms with Crippen LogP contribution in [0.2, 0.25) is 0 Å². The van der Waals surface area contributed by atoms with Crippen molar-refractivity contribution < 1.29 is 14.6 Å². The number of amides is 1. The second kappa shape index (κ2) is 8.79. The Morgan fingerprint density at radius 2 is 2.09 bits per heavy atom. The topological polar surface area (TPSA) is 58.6 Å². The van der Waals surface area contributed by atoms with Gasteiger partial charge in [-0.2, -0.15) is 0 Å². The third-order valence-corrected chi connectivity index (χ3v) is 4.35. The highest BCUT2D eigenvalue weighted by Crippen LogP contribution is 2.27. The highest BCUT2D eigenvalue weighted by Gasteiger charge is 2.23. The van der Waals surface area contributed by atoms with Crippen LogP contribution in [-0.4, -0.2) is 30.3 Å². The van der Waals surface area contributed by atoms with E-state index in [0.29, 0.717) is 31.9 Å². The van der Waals surface area contributed by atoms with Gasteiger partial charge in [-0.05, 0) is 43.7 Å². The summed E-state index contributed by atoms with van der Waals surface area (Å²) in [5.74, 6) is 1.20. The second-order valence-electron chi connectivity index (χ2n) is 5.96. The Morgan fingerprint density at radius 1 is 1.36 bits per heavy atom. The van der Waals surface area contributed by atoms with E-state index in [2.05, 4.69) is 5.32 Å². The lowest BCUT2D eigenvalue weighted by Crippen LogP contribution is -2.35. The molecular weight excluding hydrogens is 278 g/mol. The molecule has 22 heavy (non-hydrogen) atoms. The molecule has 1 aromatic carbocycles. The van der Waals surface area contributed by atoms with Crippen molar-refractivity contribution in [1.82, 2.24) is 5.32 Å². The Kier molecular flexibility index (Phi) is 6.72. The summed E-state index contributed by atoms with van der Waals surface area (Å²) >= 11 is 0. The summed E-state index contributed by atoms with van der Waals surface area (Å²) < 4.78 is 5.56. The Morgan fingerprint density at radius 3 is 2.82 bits per heavy atom. The average Bonchev–Trinajstić information content (AvgIpc) is 3.06. The van der Waals surface area contributed by atoms with E-state index in [4.69, 9.17) is 4.74 Å². The Hall–Kier alpha value is -1.55. The van der Waals surface area contributed by atoms with Gasteiger partial charge < -0.3 is 15.2 Å². The van der Waals surface area contributed by atoms with Crippen molar-refractivity contribution in [2.45, 2.75) is 51.6 Å². The number of carbonyl (C=O) groups excluding carboxylic acids is 1. The summed E-state index contributed by atoms with van der Waals surface area (Å²) in [4.78, 5) is 11.9. The molecule has 1 saturated carbocycles. The largest absolute Gasteiger partial charge is 0.494 e. The number of hydrogen-bond acceptors (Lipinski definition) is 3. The van der Waals surface area contributed by atoms with Crippen LogP contribution >= 0.6 is 0 Å². The van der Waals surface area contributed by atoms with Crippen molar-refractivity contribution >= 4 is 5.91 Å². The van der Waals surface area contributed by atoms with E-state index < -0.39 is 6.10 Å². The van der Waals surface area contributed by atoms with Crippen LogP contribution in [0, 0.1) is 5.92 Å². The Labute approximate surface area is 132 Å². The van der Waals surface area contributed by atoms with Crippen molar-refractivity contribution in [2.24, 2.45) is 5.92 Å². The van der Waals surface area contributed by atoms with Crippen LogP contribution in [-0.2, 0) is 11.2 Å². The molecule has 0 heterocycles. The number of aliphatic hydroxyl groups excluding tert-OH is 1. The normalized spacial score (nSPS) is 16.5. The molecular formula is C18H27NO3. The van der Waals surface area contributed by atoms with E-state index in [-0.39, 0.29) is 5.91 Å². The molecule has 0 bridgehead atoms. The third kappa shape index (κ3) is 5.02. The lowest BCUT2D eigenvalue weighted by Gasteiger charge is -2.18. The van der Waals surface area contributed by atoms with Crippen LogP contribution in [0.4, 0.5) is 0 Å². The van der Waals surface area contributed by atoms with Crippen molar-refractivity contribution in [2.75, 3.05) is 13.2 Å². The zero-order valence-electron chi connectivity index (χ0n) is 13.4. The first-order valence-corrected chi connectivity index (χ1v) is 8.36. The second-order valence-corrected chi connectivity index (χ2v) is 5.96. The van der Waals surface area contributed by atoms with E-state index in [1.54, 1.807) is 0 Å². The molecule has 2 N–H and O–H groups in total. The monoisotopic (exact) mass is 305 g/mol. The number of hydrogen-bond donors (Lipinski definition) is 2. The van der Waals surface area contributed by atoms with Gasteiger partial charge in [0.15, 0.2) is 0 Å². The van der Waals surface area contributed by atoms with Crippen LogP contribution < -0.4 is 10.1 Å². The molecule has 0 aromatic heterocycles. The van der Waals surface area contributed by atoms with Crippen molar-refractivity contribution in [3.63, 3.8) is 0 Å². The minimum absolute atomic E-state index is 0.0108. The molecule has 1 atom stereocenters. The van der Waals surface area contributed by atoms with Gasteiger partial charge in [0.25, 0.3) is 0 Å². The van der Waals surface area contributed by atoms with Crippen LogP contribution in [0.5, 0.6) is 5.75 Å². The summed E-state index contributed by atoms with van der Waals surface area (Å²) in [6, 6.07) is 7.82. The number of carbonyl (C=O) groups is 1. The van der Waals surface area contributed by atoms with Crippen molar-refractivity contribution in [1.29, 1.82) is 0 Å². The maximum Gasteiger partial charge on any atom is 0.220 e. The maximum absolute atomic E-state index is 11.9. The first-order chi connectivity index (χ1) is 10.7. The maximum atomic E-state index is 11.9. The Bertz CT molecular complexity index is 469.